The summed E-state index contributed by atoms with van der Waals surface area (Å²) in [4.78, 5) is 31.5. The predicted molar refractivity (Wildman–Crippen MR) is 130 cm³/mol. The highest BCUT2D eigenvalue weighted by Gasteiger charge is 2.34. The van der Waals surface area contributed by atoms with Crippen LogP contribution in [0.15, 0.2) is 60.0 Å². The summed E-state index contributed by atoms with van der Waals surface area (Å²) in [7, 11) is 0. The van der Waals surface area contributed by atoms with Gasteiger partial charge < -0.3 is 9.80 Å². The molecule has 3 aromatic rings. The van der Waals surface area contributed by atoms with Gasteiger partial charge in [-0.1, -0.05) is 55.3 Å². The molecule has 1 unspecified atom stereocenters. The van der Waals surface area contributed by atoms with Crippen LogP contribution in [-0.2, 0) is 11.2 Å². The van der Waals surface area contributed by atoms with Crippen LogP contribution >= 0.6 is 11.3 Å². The fraction of sp³-hybridized carbons (Fsp3) is 0.333. The Hall–Kier alpha value is -2.99. The Balaban J connectivity index is 1.62. The molecule has 0 radical (unpaired) electrons. The number of unbranched alkanes of at least 4 members (excludes halogenated alkanes) is 1. The fourth-order valence-corrected chi connectivity index (χ4v) is 5.26. The average molecular weight is 465 g/mol. The zero-order valence-electron chi connectivity index (χ0n) is 19.1. The van der Waals surface area contributed by atoms with E-state index >= 15 is 0 Å². The summed E-state index contributed by atoms with van der Waals surface area (Å²) in [6.07, 6.45) is 2.43. The lowest BCUT2D eigenvalue weighted by molar-refractivity contribution is -0.134. The SMILES string of the molecule is CCCCN(CC(=O)N1CCc2sccc2C1c1ccc(C)cc1)C(=O)c1ccccc1F. The Labute approximate surface area is 198 Å². The minimum Gasteiger partial charge on any atom is -0.330 e. The van der Waals surface area contributed by atoms with Crippen molar-refractivity contribution in [3.63, 3.8) is 0 Å². The smallest absolute Gasteiger partial charge is 0.257 e. The first kappa shape index (κ1) is 23.2. The predicted octanol–water partition coefficient (Wildman–Crippen LogP) is 5.61. The van der Waals surface area contributed by atoms with Crippen molar-refractivity contribution in [3.05, 3.63) is 92.9 Å². The van der Waals surface area contributed by atoms with E-state index in [0.29, 0.717) is 13.1 Å². The first-order valence-electron chi connectivity index (χ1n) is 11.5. The lowest BCUT2D eigenvalue weighted by Crippen LogP contribution is -2.47. The summed E-state index contributed by atoms with van der Waals surface area (Å²) < 4.78 is 14.3. The lowest BCUT2D eigenvalue weighted by Gasteiger charge is -2.37. The van der Waals surface area contributed by atoms with E-state index in [9.17, 15) is 14.0 Å². The number of amides is 2. The zero-order valence-corrected chi connectivity index (χ0v) is 19.9. The van der Waals surface area contributed by atoms with Gasteiger partial charge in [-0.25, -0.2) is 4.39 Å². The van der Waals surface area contributed by atoms with Crippen molar-refractivity contribution in [1.29, 1.82) is 0 Å². The van der Waals surface area contributed by atoms with Crippen molar-refractivity contribution in [1.82, 2.24) is 9.80 Å². The molecule has 0 spiro atoms. The lowest BCUT2D eigenvalue weighted by atomic mass is 9.92. The number of hydrogen-bond donors (Lipinski definition) is 0. The molecule has 2 aromatic carbocycles. The van der Waals surface area contributed by atoms with Gasteiger partial charge in [-0.3, -0.25) is 9.59 Å². The second-order valence-electron chi connectivity index (χ2n) is 8.51. The average Bonchev–Trinajstić information content (AvgIpc) is 3.30. The van der Waals surface area contributed by atoms with Gasteiger partial charge in [0.15, 0.2) is 0 Å². The monoisotopic (exact) mass is 464 g/mol. The van der Waals surface area contributed by atoms with E-state index in [4.69, 9.17) is 0 Å². The van der Waals surface area contributed by atoms with Crippen molar-refractivity contribution in [2.75, 3.05) is 19.6 Å². The third-order valence-electron chi connectivity index (χ3n) is 6.18. The fourth-order valence-electron chi connectivity index (χ4n) is 4.35. The largest absolute Gasteiger partial charge is 0.330 e. The summed E-state index contributed by atoms with van der Waals surface area (Å²) in [6.45, 7) is 5.03. The van der Waals surface area contributed by atoms with Crippen molar-refractivity contribution in [2.24, 2.45) is 0 Å². The van der Waals surface area contributed by atoms with Gasteiger partial charge >= 0.3 is 0 Å². The Morgan fingerprint density at radius 1 is 1.12 bits per heavy atom. The van der Waals surface area contributed by atoms with Crippen molar-refractivity contribution in [3.8, 4) is 0 Å². The van der Waals surface area contributed by atoms with Gasteiger partial charge in [-0.2, -0.15) is 0 Å². The minimum atomic E-state index is -0.560. The third kappa shape index (κ3) is 5.01. The Bertz CT molecular complexity index is 1130. The van der Waals surface area contributed by atoms with Gasteiger partial charge in [-0.05, 0) is 54.5 Å². The number of nitrogens with zero attached hydrogens (tertiary/aromatic N) is 2. The molecule has 1 aromatic heterocycles. The highest BCUT2D eigenvalue weighted by molar-refractivity contribution is 7.10. The highest BCUT2D eigenvalue weighted by atomic mass is 32.1. The first-order valence-corrected chi connectivity index (χ1v) is 12.3. The van der Waals surface area contributed by atoms with Crippen LogP contribution in [0.1, 0.15) is 57.7 Å². The molecule has 172 valence electrons. The summed E-state index contributed by atoms with van der Waals surface area (Å²) in [5.74, 6) is -1.11. The number of carbonyl (C=O) groups excluding carboxylic acids is 2. The quantitative estimate of drug-likeness (QED) is 0.456. The van der Waals surface area contributed by atoms with Gasteiger partial charge in [0.05, 0.1) is 11.6 Å². The van der Waals surface area contributed by atoms with E-state index < -0.39 is 11.7 Å². The maximum Gasteiger partial charge on any atom is 0.257 e. The first-order chi connectivity index (χ1) is 16.0. The number of aryl methyl sites for hydroxylation is 1. The Kier molecular flexibility index (Phi) is 7.23. The minimum absolute atomic E-state index is 0.00949. The van der Waals surface area contributed by atoms with Crippen LogP contribution in [0, 0.1) is 12.7 Å². The van der Waals surface area contributed by atoms with E-state index in [2.05, 4.69) is 35.7 Å². The molecule has 0 aliphatic carbocycles. The molecular weight excluding hydrogens is 435 g/mol. The molecule has 0 N–H and O–H groups in total. The van der Waals surface area contributed by atoms with Gasteiger partial charge in [-0.15, -0.1) is 11.3 Å². The number of halogens is 1. The molecule has 2 amide bonds. The molecule has 33 heavy (non-hydrogen) atoms. The van der Waals surface area contributed by atoms with Gasteiger partial charge in [0, 0.05) is 18.0 Å². The Morgan fingerprint density at radius 3 is 2.61 bits per heavy atom. The highest BCUT2D eigenvalue weighted by Crippen LogP contribution is 2.38. The van der Waals surface area contributed by atoms with E-state index in [1.807, 2.05) is 18.7 Å². The molecule has 1 aliphatic heterocycles. The summed E-state index contributed by atoms with van der Waals surface area (Å²) in [6, 6.07) is 16.2. The van der Waals surface area contributed by atoms with Crippen LogP contribution in [0.2, 0.25) is 0 Å². The van der Waals surface area contributed by atoms with Crippen LogP contribution in [0.3, 0.4) is 0 Å². The topological polar surface area (TPSA) is 40.6 Å². The molecule has 2 heterocycles. The second kappa shape index (κ2) is 10.3. The zero-order chi connectivity index (χ0) is 23.4. The molecule has 0 fully saturated rings. The van der Waals surface area contributed by atoms with Crippen LogP contribution in [0.25, 0.3) is 0 Å². The molecule has 6 heteroatoms. The number of carbonyl (C=O) groups is 2. The number of hydrogen-bond acceptors (Lipinski definition) is 3. The van der Waals surface area contributed by atoms with E-state index in [1.54, 1.807) is 23.5 Å². The summed E-state index contributed by atoms with van der Waals surface area (Å²) in [5.41, 5.74) is 3.40. The van der Waals surface area contributed by atoms with Crippen molar-refractivity contribution < 1.29 is 14.0 Å². The molecule has 4 rings (SSSR count). The maximum atomic E-state index is 14.3. The summed E-state index contributed by atoms with van der Waals surface area (Å²) >= 11 is 1.73. The Morgan fingerprint density at radius 2 is 1.88 bits per heavy atom. The van der Waals surface area contributed by atoms with Crippen LogP contribution < -0.4 is 0 Å². The van der Waals surface area contributed by atoms with Crippen LogP contribution in [-0.4, -0.2) is 41.2 Å². The molecule has 0 bridgehead atoms. The second-order valence-corrected chi connectivity index (χ2v) is 9.51. The summed E-state index contributed by atoms with van der Waals surface area (Å²) in [5, 5.41) is 2.08. The molecule has 0 saturated carbocycles. The van der Waals surface area contributed by atoms with Gasteiger partial charge in [0.1, 0.15) is 12.4 Å². The molecule has 0 saturated heterocycles. The standard InChI is InChI=1S/C27H29FN2O2S/c1-3-4-15-29(27(32)21-7-5-6-8-23(21)28)18-25(31)30-16-13-24-22(14-17-33-24)26(30)20-11-9-19(2)10-12-20/h5-12,14,17,26H,3-4,13,15-16,18H2,1-2H3. The molecule has 1 aliphatic rings. The number of rotatable bonds is 7. The van der Waals surface area contributed by atoms with E-state index in [0.717, 1.165) is 30.4 Å². The van der Waals surface area contributed by atoms with Crippen molar-refractivity contribution in [2.45, 2.75) is 39.2 Å². The van der Waals surface area contributed by atoms with Crippen molar-refractivity contribution >= 4 is 23.2 Å². The normalized spacial score (nSPS) is 15.2. The van der Waals surface area contributed by atoms with Gasteiger partial charge in [0.2, 0.25) is 5.91 Å². The molecule has 4 nitrogen and oxygen atoms in total. The number of benzene rings is 2. The number of fused-ring (bicyclic) bond motifs is 1. The van der Waals surface area contributed by atoms with Gasteiger partial charge in [0.25, 0.3) is 5.91 Å². The maximum absolute atomic E-state index is 14.3. The van der Waals surface area contributed by atoms with E-state index in [-0.39, 0.29) is 24.1 Å². The van der Waals surface area contributed by atoms with E-state index in [1.165, 1.54) is 27.5 Å². The molecular formula is C27H29FN2O2S. The van der Waals surface area contributed by atoms with Crippen LogP contribution in [0.5, 0.6) is 0 Å². The number of thiophene rings is 1. The third-order valence-corrected chi connectivity index (χ3v) is 7.18. The molecule has 1 atom stereocenters. The van der Waals surface area contributed by atoms with Crippen LogP contribution in [0.4, 0.5) is 4.39 Å².